The van der Waals surface area contributed by atoms with Crippen molar-refractivity contribution in [1.29, 1.82) is 0 Å². The molecule has 0 nitrogen and oxygen atoms in total. The molecule has 0 saturated carbocycles. The molecule has 0 heterocycles. The molecule has 0 bridgehead atoms. The van der Waals surface area contributed by atoms with Gasteiger partial charge < -0.3 is 0 Å². The Balaban J connectivity index is 3.51. The van der Waals surface area contributed by atoms with Gasteiger partial charge in [-0.25, -0.2) is 22.0 Å². The first kappa shape index (κ1) is 13.7. The summed E-state index contributed by atoms with van der Waals surface area (Å²) in [5.41, 5.74) is -2.08. The number of rotatable bonds is 2. The van der Waals surface area contributed by atoms with Crippen LogP contribution in [-0.4, -0.2) is 7.42 Å². The highest BCUT2D eigenvalue weighted by molar-refractivity contribution is 7.34. The minimum absolute atomic E-state index is 0.963. The maximum Gasteiger partial charge on any atom is 0.281 e. The zero-order chi connectivity index (χ0) is 12.6. The topological polar surface area (TPSA) is 0 Å². The molecular weight excluding hydrogens is 290 g/mol. The lowest BCUT2D eigenvalue weighted by Gasteiger charge is -2.14. The minimum atomic E-state index is -2.25. The van der Waals surface area contributed by atoms with Gasteiger partial charge in [-0.3, -0.25) is 0 Å². The van der Waals surface area contributed by atoms with Crippen molar-refractivity contribution in [2.45, 2.75) is 12.5 Å². The maximum atomic E-state index is 13.2. The summed E-state index contributed by atoms with van der Waals surface area (Å²) in [6.07, 6.45) is 0. The van der Waals surface area contributed by atoms with E-state index >= 15 is 0 Å². The summed E-state index contributed by atoms with van der Waals surface area (Å²) in [6.45, 7) is 1.20. The van der Waals surface area contributed by atoms with Crippen molar-refractivity contribution in [1.82, 2.24) is 0 Å². The van der Waals surface area contributed by atoms with Gasteiger partial charge in [0.2, 0.25) is 5.82 Å². The molecule has 0 amide bonds. The lowest BCUT2D eigenvalue weighted by Crippen LogP contribution is -2.16. The number of hydrogen-bond donors (Lipinski definition) is 0. The van der Waals surface area contributed by atoms with Crippen molar-refractivity contribution in [2.24, 2.45) is 0 Å². The zero-order valence-corrected chi connectivity index (χ0v) is 10.2. The Hall–Kier alpha value is -0.333. The first-order valence-electron chi connectivity index (χ1n) is 3.98. The summed E-state index contributed by atoms with van der Waals surface area (Å²) in [5.74, 6) is -9.93. The molecule has 8 heteroatoms. The van der Waals surface area contributed by atoms with Crippen LogP contribution in [0.5, 0.6) is 0 Å². The Bertz CT molecular complexity index is 394. The van der Waals surface area contributed by atoms with Crippen molar-refractivity contribution in [3.8, 4) is 0 Å². The molecule has 1 unspecified atom stereocenters. The molecule has 0 N–H and O–H groups in total. The van der Waals surface area contributed by atoms with Crippen LogP contribution in [0.3, 0.4) is 0 Å². The highest BCUT2D eigenvalue weighted by atomic mass is 35.7. The van der Waals surface area contributed by atoms with E-state index in [1.165, 1.54) is 6.92 Å². The van der Waals surface area contributed by atoms with Crippen LogP contribution in [-0.2, 0) is 0 Å². The molecule has 89 valence electrons. The van der Waals surface area contributed by atoms with Crippen LogP contribution >= 0.6 is 22.2 Å². The molecule has 0 aromatic heterocycles. The molecule has 1 atom stereocenters. The van der Waals surface area contributed by atoms with E-state index in [1.54, 1.807) is 0 Å². The van der Waals surface area contributed by atoms with Gasteiger partial charge in [0, 0.05) is 11.1 Å². The van der Waals surface area contributed by atoms with Crippen molar-refractivity contribution >= 4 is 29.6 Å². The average Bonchev–Trinajstić information content (AvgIpc) is 2.23. The van der Waals surface area contributed by atoms with Gasteiger partial charge in [-0.2, -0.15) is 0 Å². The molecule has 0 aliphatic carbocycles. The maximum absolute atomic E-state index is 13.2. The van der Waals surface area contributed by atoms with E-state index in [1.807, 2.05) is 0 Å². The zero-order valence-electron chi connectivity index (χ0n) is 7.72. The summed E-state index contributed by atoms with van der Waals surface area (Å²) < 4.78 is 64.6. The van der Waals surface area contributed by atoms with Gasteiger partial charge in [0.1, 0.15) is 0 Å². The molecule has 1 radical (unpaired) electrons. The van der Waals surface area contributed by atoms with Crippen LogP contribution in [0.15, 0.2) is 0 Å². The summed E-state index contributed by atoms with van der Waals surface area (Å²) in [7, 11) is -2.25. The van der Waals surface area contributed by atoms with Gasteiger partial charge in [-0.1, -0.05) is 6.92 Å². The third-order valence-corrected chi connectivity index (χ3v) is 4.91. The fraction of sp³-hybridized carbons (Fsp3) is 0.250. The first-order chi connectivity index (χ1) is 7.29. The summed E-state index contributed by atoms with van der Waals surface area (Å²) in [6, 6.07) is 0. The standard InChI is InChI=1S/C8H4Cl2F5Si/c1-2(16(9)10)3-4(11)6(13)8(15)7(14)5(3)12/h2H,1H3. The number of halogens is 7. The summed E-state index contributed by atoms with van der Waals surface area (Å²) >= 11 is 10.9. The lowest BCUT2D eigenvalue weighted by atomic mass is 10.1. The second-order valence-electron chi connectivity index (χ2n) is 2.99. The fourth-order valence-electron chi connectivity index (χ4n) is 1.11. The van der Waals surface area contributed by atoms with Crippen LogP contribution in [0, 0.1) is 29.1 Å². The molecule has 16 heavy (non-hydrogen) atoms. The number of benzene rings is 1. The Kier molecular flexibility index (Phi) is 4.20. The average molecular weight is 294 g/mol. The van der Waals surface area contributed by atoms with Crippen LogP contribution in [0.2, 0.25) is 0 Å². The SMILES string of the molecule is CC(c1c(F)c(F)c(F)c(F)c1F)[Si](Cl)Cl. The molecule has 0 fully saturated rings. The predicted molar refractivity (Wildman–Crippen MR) is 52.1 cm³/mol. The van der Waals surface area contributed by atoms with Gasteiger partial charge in [-0.15, -0.1) is 22.2 Å². The third-order valence-electron chi connectivity index (χ3n) is 2.00. The molecular formula is C8H4Cl2F5Si. The lowest BCUT2D eigenvalue weighted by molar-refractivity contribution is 0.370. The molecule has 0 spiro atoms. The van der Waals surface area contributed by atoms with Crippen molar-refractivity contribution in [3.63, 3.8) is 0 Å². The molecule has 1 rings (SSSR count). The summed E-state index contributed by atoms with van der Waals surface area (Å²) in [5, 5.41) is 0. The van der Waals surface area contributed by atoms with Gasteiger partial charge in [0.05, 0.1) is 0 Å². The minimum Gasteiger partial charge on any atom is -0.203 e. The Morgan fingerprint density at radius 2 is 1.12 bits per heavy atom. The van der Waals surface area contributed by atoms with Crippen molar-refractivity contribution < 1.29 is 22.0 Å². The molecule has 1 aromatic carbocycles. The molecule has 0 aliphatic heterocycles. The Morgan fingerprint density at radius 1 is 0.812 bits per heavy atom. The quantitative estimate of drug-likeness (QED) is 0.254. The van der Waals surface area contributed by atoms with Gasteiger partial charge in [0.25, 0.3) is 7.42 Å². The Labute approximate surface area is 99.0 Å². The van der Waals surface area contributed by atoms with E-state index in [9.17, 15) is 22.0 Å². The van der Waals surface area contributed by atoms with E-state index in [2.05, 4.69) is 0 Å². The van der Waals surface area contributed by atoms with Gasteiger partial charge >= 0.3 is 0 Å². The van der Waals surface area contributed by atoms with Crippen LogP contribution in [0.1, 0.15) is 18.0 Å². The second kappa shape index (κ2) is 4.89. The van der Waals surface area contributed by atoms with E-state index in [4.69, 9.17) is 22.2 Å². The van der Waals surface area contributed by atoms with Gasteiger partial charge in [0.15, 0.2) is 23.3 Å². The van der Waals surface area contributed by atoms with Gasteiger partial charge in [-0.05, 0) is 0 Å². The fourth-order valence-corrected chi connectivity index (χ4v) is 2.24. The second-order valence-corrected chi connectivity index (χ2v) is 7.46. The molecule has 0 aliphatic rings. The largest absolute Gasteiger partial charge is 0.281 e. The van der Waals surface area contributed by atoms with Crippen LogP contribution in [0.25, 0.3) is 0 Å². The van der Waals surface area contributed by atoms with E-state index in [0.717, 1.165) is 0 Å². The van der Waals surface area contributed by atoms with E-state index in [-0.39, 0.29) is 0 Å². The molecule has 1 aromatic rings. The predicted octanol–water partition coefficient (Wildman–Crippen LogP) is 3.99. The number of hydrogen-bond acceptors (Lipinski definition) is 0. The van der Waals surface area contributed by atoms with Crippen LogP contribution < -0.4 is 0 Å². The smallest absolute Gasteiger partial charge is 0.203 e. The molecule has 0 saturated heterocycles. The Morgan fingerprint density at radius 3 is 1.44 bits per heavy atom. The summed E-state index contributed by atoms with van der Waals surface area (Å²) in [4.78, 5) is 0. The highest BCUT2D eigenvalue weighted by Crippen LogP contribution is 2.31. The van der Waals surface area contributed by atoms with Crippen molar-refractivity contribution in [3.05, 3.63) is 34.6 Å². The van der Waals surface area contributed by atoms with Crippen molar-refractivity contribution in [2.75, 3.05) is 0 Å². The first-order valence-corrected chi connectivity index (χ1v) is 7.58. The highest BCUT2D eigenvalue weighted by Gasteiger charge is 2.31. The van der Waals surface area contributed by atoms with E-state index < -0.39 is 47.6 Å². The monoisotopic (exact) mass is 293 g/mol. The van der Waals surface area contributed by atoms with E-state index in [0.29, 0.717) is 0 Å². The third kappa shape index (κ3) is 2.19. The van der Waals surface area contributed by atoms with Crippen LogP contribution in [0.4, 0.5) is 22.0 Å². The normalized spacial score (nSPS) is 13.3.